The van der Waals surface area contributed by atoms with Crippen LogP contribution in [-0.4, -0.2) is 67.2 Å². The lowest BCUT2D eigenvalue weighted by Gasteiger charge is -2.14. The Morgan fingerprint density at radius 3 is 1.36 bits per heavy atom. The zero-order valence-corrected chi connectivity index (χ0v) is 16.4. The molecule has 12 nitrogen and oxygen atoms in total. The Labute approximate surface area is 158 Å². The highest BCUT2D eigenvalue weighted by Gasteiger charge is 2.19. The van der Waals surface area contributed by atoms with Gasteiger partial charge in [-0.3, -0.25) is 18.7 Å². The number of nitrogens with one attached hydrogen (secondary N) is 2. The maximum atomic E-state index is 12.6. The summed E-state index contributed by atoms with van der Waals surface area (Å²) >= 11 is 0. The number of rotatable bonds is 3. The van der Waals surface area contributed by atoms with E-state index in [1.165, 1.54) is 9.13 Å². The molecule has 0 saturated heterocycles. The largest absolute Gasteiger partial charge is 0.348 e. The summed E-state index contributed by atoms with van der Waals surface area (Å²) in [6.45, 7) is 0. The molecule has 2 N–H and O–H groups in total. The summed E-state index contributed by atoms with van der Waals surface area (Å²) in [6.07, 6.45) is 0. The van der Waals surface area contributed by atoms with Crippen molar-refractivity contribution < 1.29 is 0 Å². The average molecular weight is 384 g/mol. The highest BCUT2D eigenvalue weighted by atomic mass is 16.1. The number of H-pyrrole nitrogens is 2. The first-order chi connectivity index (χ1) is 13.2. The Hall–Kier alpha value is -3.70. The summed E-state index contributed by atoms with van der Waals surface area (Å²) in [5.41, 5.74) is 0.561. The van der Waals surface area contributed by atoms with Gasteiger partial charge in [-0.15, -0.1) is 0 Å². The third-order valence-corrected chi connectivity index (χ3v) is 4.44. The fourth-order valence-corrected chi connectivity index (χ4v) is 3.07. The number of anilines is 2. The monoisotopic (exact) mass is 384 g/mol. The van der Waals surface area contributed by atoms with Gasteiger partial charge in [0.05, 0.1) is 0 Å². The van der Waals surface area contributed by atoms with Crippen molar-refractivity contribution in [2.24, 2.45) is 14.1 Å². The zero-order chi connectivity index (χ0) is 20.3. The second-order valence-corrected chi connectivity index (χ2v) is 6.91. The Morgan fingerprint density at radius 2 is 1.04 bits per heavy atom. The summed E-state index contributed by atoms with van der Waals surface area (Å²) in [7, 11) is 10.5. The maximum Gasteiger partial charge on any atom is 0.280 e. The second kappa shape index (κ2) is 5.90. The van der Waals surface area contributed by atoms with Crippen LogP contribution < -0.4 is 20.9 Å². The minimum atomic E-state index is -0.257. The molecule has 0 fully saturated rings. The first-order valence-corrected chi connectivity index (χ1v) is 8.47. The van der Waals surface area contributed by atoms with E-state index in [4.69, 9.17) is 0 Å². The van der Waals surface area contributed by atoms with Crippen molar-refractivity contribution in [2.75, 3.05) is 38.0 Å². The SMILES string of the molecule is CN(C)c1nc2nc(-c3nc4nc(N(C)C)n(C)c(=O)c4[nH]3)[nH]c2c(=O)n1C. The molecule has 4 heterocycles. The zero-order valence-electron chi connectivity index (χ0n) is 16.4. The number of nitrogens with zero attached hydrogens (tertiary/aromatic N) is 8. The third-order valence-electron chi connectivity index (χ3n) is 4.44. The fourth-order valence-electron chi connectivity index (χ4n) is 3.07. The lowest BCUT2D eigenvalue weighted by molar-refractivity contribution is 0.807. The molecule has 0 aromatic carbocycles. The lowest BCUT2D eigenvalue weighted by atomic mass is 10.5. The average Bonchev–Trinajstić information content (AvgIpc) is 3.24. The molecule has 146 valence electrons. The number of aromatic amines is 2. The van der Waals surface area contributed by atoms with Gasteiger partial charge in [0.25, 0.3) is 11.1 Å². The highest BCUT2D eigenvalue weighted by molar-refractivity contribution is 5.79. The molecule has 4 rings (SSSR count). The van der Waals surface area contributed by atoms with Crippen LogP contribution in [0.1, 0.15) is 0 Å². The summed E-state index contributed by atoms with van der Waals surface area (Å²) in [5.74, 6) is 1.57. The van der Waals surface area contributed by atoms with Crippen LogP contribution in [0.3, 0.4) is 0 Å². The Kier molecular flexibility index (Phi) is 3.73. The predicted octanol–water partition coefficient (Wildman–Crippen LogP) is -0.574. The topological polar surface area (TPSA) is 134 Å². The summed E-state index contributed by atoms with van der Waals surface area (Å²) in [6, 6.07) is 0. The molecule has 0 aliphatic carbocycles. The van der Waals surface area contributed by atoms with Gasteiger partial charge >= 0.3 is 0 Å². The normalized spacial score (nSPS) is 11.5. The predicted molar refractivity (Wildman–Crippen MR) is 106 cm³/mol. The van der Waals surface area contributed by atoms with Crippen LogP contribution in [0.15, 0.2) is 9.59 Å². The van der Waals surface area contributed by atoms with Gasteiger partial charge in [0.1, 0.15) is 0 Å². The van der Waals surface area contributed by atoms with E-state index in [1.54, 1.807) is 52.1 Å². The summed E-state index contributed by atoms with van der Waals surface area (Å²) in [5, 5.41) is 0. The lowest BCUT2D eigenvalue weighted by Crippen LogP contribution is -2.26. The van der Waals surface area contributed by atoms with Crippen LogP contribution in [0, 0.1) is 0 Å². The molecule has 0 aliphatic heterocycles. The van der Waals surface area contributed by atoms with Crippen LogP contribution in [0.4, 0.5) is 11.9 Å². The molecule has 0 radical (unpaired) electrons. The molecule has 0 atom stereocenters. The van der Waals surface area contributed by atoms with Crippen LogP contribution in [0.25, 0.3) is 34.0 Å². The van der Waals surface area contributed by atoms with Gasteiger partial charge in [0.15, 0.2) is 34.0 Å². The van der Waals surface area contributed by atoms with Crippen molar-refractivity contribution >= 4 is 34.2 Å². The van der Waals surface area contributed by atoms with Crippen molar-refractivity contribution in [2.45, 2.75) is 0 Å². The van der Waals surface area contributed by atoms with Crippen molar-refractivity contribution in [1.82, 2.24) is 39.0 Å². The molecule has 0 bridgehead atoms. The molecule has 0 aliphatic rings. The molecule has 0 unspecified atom stereocenters. The maximum absolute atomic E-state index is 12.6. The Balaban J connectivity index is 1.94. The van der Waals surface area contributed by atoms with Crippen molar-refractivity contribution in [3.63, 3.8) is 0 Å². The fraction of sp³-hybridized carbons (Fsp3) is 0.375. The van der Waals surface area contributed by atoms with E-state index in [0.717, 1.165) is 0 Å². The molecule has 4 aromatic rings. The van der Waals surface area contributed by atoms with Crippen molar-refractivity contribution in [3.8, 4) is 11.6 Å². The number of hydrogen-bond acceptors (Lipinski definition) is 8. The minimum Gasteiger partial charge on any atom is -0.348 e. The first-order valence-electron chi connectivity index (χ1n) is 8.47. The standard InChI is InChI=1S/C16H20N10O2/c1-23(2)15-21-9-7(13(27)25(15)5)17-11(19-9)12-18-8-10(20-12)22-16(24(3)4)26(6)14(8)28/h1-6H3,(H,17,19)(H,18,20). The molecule has 0 saturated carbocycles. The molecule has 0 amide bonds. The smallest absolute Gasteiger partial charge is 0.280 e. The van der Waals surface area contributed by atoms with Gasteiger partial charge in [0.2, 0.25) is 11.9 Å². The molecule has 4 aromatic heterocycles. The Morgan fingerprint density at radius 1 is 0.679 bits per heavy atom. The number of fused-ring (bicyclic) bond motifs is 2. The van der Waals surface area contributed by atoms with Gasteiger partial charge in [0, 0.05) is 42.3 Å². The van der Waals surface area contributed by atoms with Crippen LogP contribution in [0.2, 0.25) is 0 Å². The molecule has 28 heavy (non-hydrogen) atoms. The van der Waals surface area contributed by atoms with Gasteiger partial charge in [-0.1, -0.05) is 0 Å². The highest BCUT2D eigenvalue weighted by Crippen LogP contribution is 2.19. The quantitative estimate of drug-likeness (QED) is 0.479. The van der Waals surface area contributed by atoms with Crippen molar-refractivity contribution in [3.05, 3.63) is 20.7 Å². The molecule has 0 spiro atoms. The van der Waals surface area contributed by atoms with E-state index >= 15 is 0 Å². The van der Waals surface area contributed by atoms with Gasteiger partial charge in [-0.25, -0.2) is 9.97 Å². The van der Waals surface area contributed by atoms with Crippen molar-refractivity contribution in [1.29, 1.82) is 0 Å². The van der Waals surface area contributed by atoms with Crippen LogP contribution >= 0.6 is 0 Å². The van der Waals surface area contributed by atoms with Crippen LogP contribution in [0.5, 0.6) is 0 Å². The minimum absolute atomic E-state index is 0.257. The van der Waals surface area contributed by atoms with E-state index in [0.29, 0.717) is 23.5 Å². The van der Waals surface area contributed by atoms with E-state index in [-0.39, 0.29) is 33.4 Å². The van der Waals surface area contributed by atoms with E-state index < -0.39 is 0 Å². The van der Waals surface area contributed by atoms with E-state index in [1.807, 2.05) is 0 Å². The van der Waals surface area contributed by atoms with Gasteiger partial charge < -0.3 is 19.8 Å². The van der Waals surface area contributed by atoms with Gasteiger partial charge in [-0.05, 0) is 0 Å². The molecule has 12 heteroatoms. The summed E-state index contributed by atoms with van der Waals surface area (Å²) in [4.78, 5) is 52.2. The summed E-state index contributed by atoms with van der Waals surface area (Å²) < 4.78 is 2.87. The number of hydrogen-bond donors (Lipinski definition) is 2. The third kappa shape index (κ3) is 2.45. The van der Waals surface area contributed by atoms with E-state index in [2.05, 4.69) is 29.9 Å². The first kappa shape index (κ1) is 17.7. The molecular formula is C16H20N10O2. The van der Waals surface area contributed by atoms with E-state index in [9.17, 15) is 9.59 Å². The Bertz CT molecular complexity index is 1230. The molecular weight excluding hydrogens is 364 g/mol. The van der Waals surface area contributed by atoms with Gasteiger partial charge in [-0.2, -0.15) is 9.97 Å². The second-order valence-electron chi connectivity index (χ2n) is 6.91. The number of aromatic nitrogens is 8. The number of imidazole rings is 2. The van der Waals surface area contributed by atoms with Crippen LogP contribution in [-0.2, 0) is 14.1 Å².